The van der Waals surface area contributed by atoms with Gasteiger partial charge in [-0.3, -0.25) is 0 Å². The van der Waals surface area contributed by atoms with E-state index in [4.69, 9.17) is 15.7 Å². The van der Waals surface area contributed by atoms with Gasteiger partial charge in [-0.05, 0) is 39.2 Å². The molecule has 3 nitrogen and oxygen atoms in total. The van der Waals surface area contributed by atoms with Gasteiger partial charge >= 0.3 is 0 Å². The average Bonchev–Trinajstić information content (AvgIpc) is 2.43. The lowest BCUT2D eigenvalue weighted by molar-refractivity contribution is 0.280. The van der Waals surface area contributed by atoms with E-state index in [2.05, 4.69) is 13.0 Å². The molecule has 1 aromatic rings. The summed E-state index contributed by atoms with van der Waals surface area (Å²) < 4.78 is 5.81. The van der Waals surface area contributed by atoms with Crippen molar-refractivity contribution in [1.82, 2.24) is 0 Å². The molecule has 0 aliphatic rings. The quantitative estimate of drug-likeness (QED) is 0.758. The molecule has 0 aromatic heterocycles. The number of nitrogens with two attached hydrogens (primary N) is 1. The van der Waals surface area contributed by atoms with Crippen LogP contribution in [0.3, 0.4) is 0 Å². The molecule has 0 saturated heterocycles. The van der Waals surface area contributed by atoms with Gasteiger partial charge in [0.15, 0.2) is 0 Å². The molecule has 0 saturated carbocycles. The number of hydrogen-bond acceptors (Lipinski definition) is 3. The van der Waals surface area contributed by atoms with Gasteiger partial charge in [-0.25, -0.2) is 0 Å². The van der Waals surface area contributed by atoms with Gasteiger partial charge in [0.2, 0.25) is 0 Å². The van der Waals surface area contributed by atoms with E-state index >= 15 is 0 Å². The van der Waals surface area contributed by atoms with Crippen molar-refractivity contribution in [2.75, 3.05) is 6.61 Å². The van der Waals surface area contributed by atoms with Crippen LogP contribution in [0.15, 0.2) is 24.3 Å². The van der Waals surface area contributed by atoms with Gasteiger partial charge in [0.25, 0.3) is 0 Å². The first kappa shape index (κ1) is 15.5. The van der Waals surface area contributed by atoms with Crippen molar-refractivity contribution in [3.63, 3.8) is 0 Å². The van der Waals surface area contributed by atoms with Crippen molar-refractivity contribution in [2.45, 2.75) is 46.1 Å². The second-order valence-electron chi connectivity index (χ2n) is 5.50. The summed E-state index contributed by atoms with van der Waals surface area (Å²) in [5.74, 6) is 0.867. The Labute approximate surface area is 116 Å². The summed E-state index contributed by atoms with van der Waals surface area (Å²) >= 11 is 0. The highest BCUT2D eigenvalue weighted by Crippen LogP contribution is 2.26. The molecule has 0 aliphatic heterocycles. The lowest BCUT2D eigenvalue weighted by atomic mass is 9.90. The van der Waals surface area contributed by atoms with Crippen molar-refractivity contribution in [1.29, 1.82) is 5.26 Å². The fraction of sp³-hybridized carbons (Fsp3) is 0.562. The molecule has 104 valence electrons. The number of rotatable bonds is 7. The van der Waals surface area contributed by atoms with Crippen LogP contribution >= 0.6 is 0 Å². The fourth-order valence-electron chi connectivity index (χ4n) is 1.89. The minimum atomic E-state index is -0.275. The van der Waals surface area contributed by atoms with Crippen molar-refractivity contribution in [3.05, 3.63) is 29.8 Å². The molecule has 1 aromatic carbocycles. The topological polar surface area (TPSA) is 59.0 Å². The van der Waals surface area contributed by atoms with Crippen LogP contribution in [0.25, 0.3) is 0 Å². The molecular formula is C16H24N2O. The molecule has 0 bridgehead atoms. The van der Waals surface area contributed by atoms with E-state index in [-0.39, 0.29) is 11.5 Å². The molecule has 0 fully saturated rings. The lowest BCUT2D eigenvalue weighted by Gasteiger charge is -2.17. The van der Waals surface area contributed by atoms with E-state index in [9.17, 15) is 0 Å². The van der Waals surface area contributed by atoms with Crippen LogP contribution in [-0.4, -0.2) is 6.61 Å². The first-order valence-corrected chi connectivity index (χ1v) is 6.88. The van der Waals surface area contributed by atoms with Gasteiger partial charge in [-0.1, -0.05) is 25.1 Å². The highest BCUT2D eigenvalue weighted by Gasteiger charge is 2.16. The van der Waals surface area contributed by atoms with Crippen LogP contribution < -0.4 is 10.5 Å². The smallest absolute Gasteiger partial charge is 0.124 e. The Morgan fingerprint density at radius 1 is 1.37 bits per heavy atom. The van der Waals surface area contributed by atoms with Gasteiger partial charge in [0.05, 0.1) is 18.1 Å². The molecule has 0 spiro atoms. The molecule has 1 rings (SSSR count). The maximum absolute atomic E-state index is 8.95. The number of nitriles is 1. The summed E-state index contributed by atoms with van der Waals surface area (Å²) in [6.45, 7) is 6.59. The van der Waals surface area contributed by atoms with Gasteiger partial charge < -0.3 is 10.5 Å². The van der Waals surface area contributed by atoms with E-state index in [0.29, 0.717) is 6.61 Å². The molecule has 0 unspecified atom stereocenters. The maximum Gasteiger partial charge on any atom is 0.124 e. The van der Waals surface area contributed by atoms with Gasteiger partial charge in [0, 0.05) is 11.6 Å². The Balaban J connectivity index is 2.52. The third-order valence-electron chi connectivity index (χ3n) is 3.26. The Morgan fingerprint density at radius 3 is 2.68 bits per heavy atom. The van der Waals surface area contributed by atoms with Crippen LogP contribution in [0.1, 0.15) is 51.6 Å². The molecule has 3 heteroatoms. The Kier molecular flexibility index (Phi) is 5.85. The molecule has 0 radical (unpaired) electrons. The molecule has 0 heterocycles. The molecule has 1 atom stereocenters. The summed E-state index contributed by atoms with van der Waals surface area (Å²) in [5, 5.41) is 8.95. The van der Waals surface area contributed by atoms with Gasteiger partial charge in [0.1, 0.15) is 5.75 Å². The zero-order valence-corrected chi connectivity index (χ0v) is 12.1. The standard InChI is InChI=1S/C16H24N2O/c1-4-14(18)13-8-5-6-9-15(13)19-11-7-10-16(2,3)12-17/h5-6,8-9,14H,4,7,10-11,18H2,1-3H3/t14-/m1/s1. The predicted octanol–water partition coefficient (Wildman–Crippen LogP) is 3.81. The minimum Gasteiger partial charge on any atom is -0.493 e. The molecule has 2 N–H and O–H groups in total. The maximum atomic E-state index is 8.95. The van der Waals surface area contributed by atoms with Gasteiger partial charge in [-0.15, -0.1) is 0 Å². The zero-order chi connectivity index (χ0) is 14.3. The number of para-hydroxylation sites is 1. The van der Waals surface area contributed by atoms with E-state index < -0.39 is 0 Å². The molecular weight excluding hydrogens is 236 g/mol. The number of nitrogens with zero attached hydrogens (tertiary/aromatic N) is 1. The Hall–Kier alpha value is -1.53. The summed E-state index contributed by atoms with van der Waals surface area (Å²) in [4.78, 5) is 0. The summed E-state index contributed by atoms with van der Waals surface area (Å²) in [7, 11) is 0. The third-order valence-corrected chi connectivity index (χ3v) is 3.26. The molecule has 0 aliphatic carbocycles. The summed E-state index contributed by atoms with van der Waals surface area (Å²) in [6, 6.07) is 10.2. The van der Waals surface area contributed by atoms with E-state index in [1.807, 2.05) is 38.1 Å². The Morgan fingerprint density at radius 2 is 2.05 bits per heavy atom. The van der Waals surface area contributed by atoms with E-state index in [1.54, 1.807) is 0 Å². The van der Waals surface area contributed by atoms with E-state index in [0.717, 1.165) is 30.6 Å². The number of ether oxygens (including phenoxy) is 1. The number of hydrogen-bond donors (Lipinski definition) is 1. The highest BCUT2D eigenvalue weighted by atomic mass is 16.5. The van der Waals surface area contributed by atoms with Crippen LogP contribution in [0, 0.1) is 16.7 Å². The van der Waals surface area contributed by atoms with Crippen molar-refractivity contribution >= 4 is 0 Å². The van der Waals surface area contributed by atoms with Crippen molar-refractivity contribution in [2.24, 2.45) is 11.1 Å². The highest BCUT2D eigenvalue weighted by molar-refractivity contribution is 5.35. The van der Waals surface area contributed by atoms with Crippen molar-refractivity contribution < 1.29 is 4.74 Å². The number of benzene rings is 1. The second kappa shape index (κ2) is 7.16. The second-order valence-corrected chi connectivity index (χ2v) is 5.50. The normalized spacial score (nSPS) is 12.8. The molecule has 0 amide bonds. The Bertz CT molecular complexity index is 435. The van der Waals surface area contributed by atoms with Crippen LogP contribution in [0.2, 0.25) is 0 Å². The van der Waals surface area contributed by atoms with Crippen LogP contribution in [0.4, 0.5) is 0 Å². The predicted molar refractivity (Wildman–Crippen MR) is 77.8 cm³/mol. The van der Waals surface area contributed by atoms with E-state index in [1.165, 1.54) is 0 Å². The van der Waals surface area contributed by atoms with Gasteiger partial charge in [-0.2, -0.15) is 5.26 Å². The van der Waals surface area contributed by atoms with Crippen LogP contribution in [-0.2, 0) is 0 Å². The fourth-order valence-corrected chi connectivity index (χ4v) is 1.89. The lowest BCUT2D eigenvalue weighted by Crippen LogP contribution is -2.13. The summed E-state index contributed by atoms with van der Waals surface area (Å²) in [5.41, 5.74) is 6.85. The van der Waals surface area contributed by atoms with Crippen LogP contribution in [0.5, 0.6) is 5.75 Å². The molecule has 19 heavy (non-hydrogen) atoms. The SMILES string of the molecule is CC[C@@H](N)c1ccccc1OCCCC(C)(C)C#N. The minimum absolute atomic E-state index is 0.0201. The largest absolute Gasteiger partial charge is 0.493 e. The summed E-state index contributed by atoms with van der Waals surface area (Å²) in [6.07, 6.45) is 2.60. The first-order chi connectivity index (χ1) is 9.00. The average molecular weight is 260 g/mol. The zero-order valence-electron chi connectivity index (χ0n) is 12.1. The first-order valence-electron chi connectivity index (χ1n) is 6.88. The monoisotopic (exact) mass is 260 g/mol. The van der Waals surface area contributed by atoms with Crippen molar-refractivity contribution in [3.8, 4) is 11.8 Å². The third kappa shape index (κ3) is 4.92.